The summed E-state index contributed by atoms with van der Waals surface area (Å²) in [6.07, 6.45) is 0.957. The number of likely N-dealkylation sites (N-methyl/N-ethyl adjacent to an activating group) is 1. The molecule has 1 aromatic carbocycles. The van der Waals surface area contributed by atoms with Crippen LogP contribution in [-0.4, -0.2) is 48.3 Å². The molecule has 3 nitrogen and oxygen atoms in total. The highest BCUT2D eigenvalue weighted by Crippen LogP contribution is 2.42. The molecule has 1 saturated carbocycles. The van der Waals surface area contributed by atoms with Gasteiger partial charge in [-0.05, 0) is 44.5 Å². The molecular formula is C20H29F3N2O. The fraction of sp³-hybridized carbons (Fsp3) is 0.700. The van der Waals surface area contributed by atoms with Crippen LogP contribution in [0.3, 0.4) is 0 Å². The summed E-state index contributed by atoms with van der Waals surface area (Å²) in [7, 11) is 1.94. The van der Waals surface area contributed by atoms with E-state index in [4.69, 9.17) is 0 Å². The summed E-state index contributed by atoms with van der Waals surface area (Å²) in [6.45, 7) is 2.40. The highest BCUT2D eigenvalue weighted by atomic mass is 19.4. The predicted molar refractivity (Wildman–Crippen MR) is 96.1 cm³/mol. The van der Waals surface area contributed by atoms with Crippen LogP contribution in [0.15, 0.2) is 24.3 Å². The first-order valence-electron chi connectivity index (χ1n) is 9.61. The Morgan fingerprint density at radius 3 is 2.62 bits per heavy atom. The van der Waals surface area contributed by atoms with E-state index >= 15 is 0 Å². The topological polar surface area (TPSA) is 35.5 Å². The first-order chi connectivity index (χ1) is 12.3. The average Bonchev–Trinajstić information content (AvgIpc) is 3.07. The largest absolute Gasteiger partial charge is 0.416 e. The molecule has 1 unspecified atom stereocenters. The van der Waals surface area contributed by atoms with Crippen molar-refractivity contribution < 1.29 is 18.3 Å². The van der Waals surface area contributed by atoms with Crippen molar-refractivity contribution in [3.05, 3.63) is 35.4 Å². The van der Waals surface area contributed by atoms with Gasteiger partial charge in [-0.15, -0.1) is 0 Å². The second-order valence-electron chi connectivity index (χ2n) is 7.87. The summed E-state index contributed by atoms with van der Waals surface area (Å²) in [5, 5.41) is 14.6. The predicted octanol–water partition coefficient (Wildman–Crippen LogP) is 3.78. The molecular weight excluding hydrogens is 341 g/mol. The van der Waals surface area contributed by atoms with E-state index in [0.717, 1.165) is 44.8 Å². The van der Waals surface area contributed by atoms with Crippen molar-refractivity contribution in [1.29, 1.82) is 0 Å². The van der Waals surface area contributed by atoms with Gasteiger partial charge in [0.1, 0.15) is 0 Å². The fourth-order valence-corrected chi connectivity index (χ4v) is 4.52. The number of nitrogens with zero attached hydrogens (tertiary/aromatic N) is 1. The van der Waals surface area contributed by atoms with Gasteiger partial charge in [-0.3, -0.25) is 0 Å². The monoisotopic (exact) mass is 370 g/mol. The number of alkyl halides is 3. The molecule has 0 amide bonds. The summed E-state index contributed by atoms with van der Waals surface area (Å²) in [5.41, 5.74) is -0.939. The van der Waals surface area contributed by atoms with E-state index in [0.29, 0.717) is 31.0 Å². The van der Waals surface area contributed by atoms with Gasteiger partial charge in [-0.25, -0.2) is 0 Å². The number of aliphatic hydroxyl groups is 1. The van der Waals surface area contributed by atoms with Gasteiger partial charge in [0, 0.05) is 25.0 Å². The van der Waals surface area contributed by atoms with Crippen LogP contribution < -0.4 is 5.32 Å². The van der Waals surface area contributed by atoms with Crippen LogP contribution in [0.1, 0.15) is 55.6 Å². The molecule has 0 radical (unpaired) electrons. The maximum atomic E-state index is 13.2. The Kier molecular flexibility index (Phi) is 5.94. The van der Waals surface area contributed by atoms with Crippen molar-refractivity contribution in [2.75, 3.05) is 26.7 Å². The third-order valence-electron chi connectivity index (χ3n) is 6.11. The Morgan fingerprint density at radius 2 is 2.00 bits per heavy atom. The zero-order valence-electron chi connectivity index (χ0n) is 15.4. The van der Waals surface area contributed by atoms with Gasteiger partial charge in [-0.2, -0.15) is 13.2 Å². The molecule has 2 aliphatic rings. The molecule has 3 rings (SSSR count). The van der Waals surface area contributed by atoms with Gasteiger partial charge in [0.25, 0.3) is 0 Å². The molecule has 0 spiro atoms. The van der Waals surface area contributed by atoms with Crippen LogP contribution in [0.2, 0.25) is 0 Å². The van der Waals surface area contributed by atoms with Crippen LogP contribution >= 0.6 is 0 Å². The molecule has 146 valence electrons. The maximum Gasteiger partial charge on any atom is 0.416 e. The van der Waals surface area contributed by atoms with E-state index < -0.39 is 17.3 Å². The van der Waals surface area contributed by atoms with Gasteiger partial charge in [-0.1, -0.05) is 37.5 Å². The van der Waals surface area contributed by atoms with Gasteiger partial charge in [0.15, 0.2) is 0 Å². The van der Waals surface area contributed by atoms with E-state index in [1.165, 1.54) is 12.1 Å². The first kappa shape index (κ1) is 19.6. The fourth-order valence-electron chi connectivity index (χ4n) is 4.52. The van der Waals surface area contributed by atoms with Crippen molar-refractivity contribution in [3.63, 3.8) is 0 Å². The standard InChI is InChI=1S/C20H29F3N2O/c1-24-17-8-11-25(13-17)14-18(19(26)9-3-2-4-10-19)15-6-5-7-16(12-15)20(21,22)23/h5-7,12,17-18,24,26H,2-4,8-11,13-14H2,1H3/t17-,18?/m0/s1. The van der Waals surface area contributed by atoms with E-state index in [2.05, 4.69) is 10.2 Å². The van der Waals surface area contributed by atoms with Gasteiger partial charge >= 0.3 is 6.18 Å². The second kappa shape index (κ2) is 7.87. The lowest BCUT2D eigenvalue weighted by Crippen LogP contribution is -2.44. The molecule has 6 heteroatoms. The first-order valence-corrected chi connectivity index (χ1v) is 9.61. The molecule has 2 fully saturated rings. The number of hydrogen-bond acceptors (Lipinski definition) is 3. The minimum Gasteiger partial charge on any atom is -0.389 e. The summed E-state index contributed by atoms with van der Waals surface area (Å²) >= 11 is 0. The molecule has 2 atom stereocenters. The average molecular weight is 370 g/mol. The van der Waals surface area contributed by atoms with Crippen molar-refractivity contribution >= 4 is 0 Å². The number of halogens is 3. The van der Waals surface area contributed by atoms with Crippen LogP contribution in [0.5, 0.6) is 0 Å². The second-order valence-corrected chi connectivity index (χ2v) is 7.87. The quantitative estimate of drug-likeness (QED) is 0.828. The third-order valence-corrected chi connectivity index (χ3v) is 6.11. The Labute approximate surface area is 153 Å². The lowest BCUT2D eigenvalue weighted by atomic mass is 9.72. The van der Waals surface area contributed by atoms with Crippen LogP contribution in [0.4, 0.5) is 13.2 Å². The van der Waals surface area contributed by atoms with Crippen molar-refractivity contribution in [3.8, 4) is 0 Å². The van der Waals surface area contributed by atoms with Crippen LogP contribution in [0, 0.1) is 0 Å². The smallest absolute Gasteiger partial charge is 0.389 e. The maximum absolute atomic E-state index is 13.2. The molecule has 1 heterocycles. The number of hydrogen-bond donors (Lipinski definition) is 2. The minimum atomic E-state index is -4.36. The Morgan fingerprint density at radius 1 is 1.27 bits per heavy atom. The highest BCUT2D eigenvalue weighted by molar-refractivity contribution is 5.31. The zero-order valence-corrected chi connectivity index (χ0v) is 15.4. The van der Waals surface area contributed by atoms with Crippen LogP contribution in [-0.2, 0) is 6.18 Å². The summed E-state index contributed by atoms with van der Waals surface area (Å²) in [5.74, 6) is -0.291. The number of rotatable bonds is 5. The summed E-state index contributed by atoms with van der Waals surface area (Å²) < 4.78 is 39.6. The Hall–Kier alpha value is -1.11. The molecule has 1 aromatic rings. The molecule has 1 saturated heterocycles. The zero-order chi connectivity index (χ0) is 18.8. The van der Waals surface area contributed by atoms with Crippen molar-refractivity contribution in [2.45, 2.75) is 62.3 Å². The minimum absolute atomic E-state index is 0.291. The number of nitrogens with one attached hydrogen (secondary N) is 1. The van der Waals surface area contributed by atoms with Crippen LogP contribution in [0.25, 0.3) is 0 Å². The van der Waals surface area contributed by atoms with E-state index in [9.17, 15) is 18.3 Å². The normalized spacial score (nSPS) is 25.3. The third kappa shape index (κ3) is 4.41. The highest BCUT2D eigenvalue weighted by Gasteiger charge is 2.41. The SMILES string of the molecule is CN[C@H]1CCN(CC(c2cccc(C(F)(F)F)c2)C2(O)CCCCC2)C1. The number of likely N-dealkylation sites (tertiary alicyclic amines) is 1. The van der Waals surface area contributed by atoms with E-state index in [1.54, 1.807) is 6.07 Å². The van der Waals surface area contributed by atoms with E-state index in [-0.39, 0.29) is 5.92 Å². The van der Waals surface area contributed by atoms with Gasteiger partial charge in [0.05, 0.1) is 11.2 Å². The van der Waals surface area contributed by atoms with Gasteiger partial charge in [0.2, 0.25) is 0 Å². The Balaban J connectivity index is 1.88. The molecule has 0 bridgehead atoms. The Bertz CT molecular complexity index is 599. The molecule has 2 N–H and O–H groups in total. The molecule has 0 aromatic heterocycles. The van der Waals surface area contributed by atoms with Gasteiger partial charge < -0.3 is 15.3 Å². The van der Waals surface area contributed by atoms with Crippen molar-refractivity contribution in [2.24, 2.45) is 0 Å². The number of benzene rings is 1. The molecule has 1 aliphatic carbocycles. The lowest BCUT2D eigenvalue weighted by Gasteiger charge is -2.41. The summed E-state index contributed by atoms with van der Waals surface area (Å²) in [6, 6.07) is 5.98. The molecule has 26 heavy (non-hydrogen) atoms. The summed E-state index contributed by atoms with van der Waals surface area (Å²) in [4.78, 5) is 2.28. The van der Waals surface area contributed by atoms with E-state index in [1.807, 2.05) is 7.05 Å². The van der Waals surface area contributed by atoms with Crippen molar-refractivity contribution in [1.82, 2.24) is 10.2 Å². The lowest BCUT2D eigenvalue weighted by molar-refractivity contribution is -0.137. The molecule has 1 aliphatic heterocycles.